The Morgan fingerprint density at radius 3 is 2.47 bits per heavy atom. The van der Waals surface area contributed by atoms with Crippen LogP contribution < -0.4 is 0 Å². The number of ether oxygens (including phenoxy) is 1. The number of nitrogens with zero attached hydrogens (tertiary/aromatic N) is 5. The van der Waals surface area contributed by atoms with Gasteiger partial charge in [-0.05, 0) is 38.5 Å². The third kappa shape index (κ3) is 4.81. The molecule has 0 N–H and O–H groups in total. The van der Waals surface area contributed by atoms with Gasteiger partial charge in [0.2, 0.25) is 5.89 Å². The number of hydrogen-bond donors (Lipinski definition) is 0. The maximum Gasteiger partial charge on any atom is 0.343 e. The van der Waals surface area contributed by atoms with Crippen molar-refractivity contribution in [3.05, 3.63) is 92.1 Å². The largest absolute Gasteiger partial charge is 0.449 e. The highest BCUT2D eigenvalue weighted by Crippen LogP contribution is 2.27. The molecule has 0 radical (unpaired) electrons. The van der Waals surface area contributed by atoms with Gasteiger partial charge in [-0.15, -0.1) is 10.2 Å². The second kappa shape index (κ2) is 9.44. The first kappa shape index (κ1) is 23.1. The smallest absolute Gasteiger partial charge is 0.343 e. The number of aromatic nitrogens is 4. The number of hydrogen-bond acceptors (Lipinski definition) is 8. The summed E-state index contributed by atoms with van der Waals surface area (Å²) in [7, 11) is 0. The molecule has 0 saturated carbocycles. The summed E-state index contributed by atoms with van der Waals surface area (Å²) in [6, 6.07) is 13.6. The SMILES string of the molecule is Cc1ccc(Cn2nc(C)c(C(=O)OC(C)c3nnc(-c4ccc([N+](=O)[O-])cc4)o3)c2Cl)cc1. The van der Waals surface area contributed by atoms with Crippen LogP contribution in [0.2, 0.25) is 5.15 Å². The number of carbonyl (C=O) groups excluding carboxylic acids is 1. The van der Waals surface area contributed by atoms with Crippen molar-refractivity contribution in [2.45, 2.75) is 33.4 Å². The first-order chi connectivity index (χ1) is 16.2. The average molecular weight is 482 g/mol. The fourth-order valence-electron chi connectivity index (χ4n) is 3.27. The van der Waals surface area contributed by atoms with Crippen molar-refractivity contribution in [2.75, 3.05) is 0 Å². The summed E-state index contributed by atoms with van der Waals surface area (Å²) in [6.07, 6.45) is -0.859. The Bertz CT molecular complexity index is 1350. The van der Waals surface area contributed by atoms with Crippen LogP contribution in [0.5, 0.6) is 0 Å². The first-order valence-electron chi connectivity index (χ1n) is 10.3. The zero-order chi connectivity index (χ0) is 24.4. The van der Waals surface area contributed by atoms with Crippen LogP contribution in [0.4, 0.5) is 5.69 Å². The number of esters is 1. The molecule has 2 aromatic heterocycles. The maximum atomic E-state index is 12.8. The molecule has 11 heteroatoms. The average Bonchev–Trinajstić information content (AvgIpc) is 3.40. The van der Waals surface area contributed by atoms with Gasteiger partial charge < -0.3 is 9.15 Å². The van der Waals surface area contributed by atoms with Gasteiger partial charge in [0.25, 0.3) is 11.6 Å². The van der Waals surface area contributed by atoms with Gasteiger partial charge in [0.05, 0.1) is 17.2 Å². The summed E-state index contributed by atoms with van der Waals surface area (Å²) in [5.74, 6) is -0.448. The Hall–Kier alpha value is -4.05. The summed E-state index contributed by atoms with van der Waals surface area (Å²) < 4.78 is 12.6. The van der Waals surface area contributed by atoms with Gasteiger partial charge in [-0.1, -0.05) is 41.4 Å². The van der Waals surface area contributed by atoms with Crippen LogP contribution in [0.15, 0.2) is 52.9 Å². The zero-order valence-electron chi connectivity index (χ0n) is 18.6. The second-order valence-electron chi connectivity index (χ2n) is 7.69. The minimum Gasteiger partial charge on any atom is -0.449 e. The van der Waals surface area contributed by atoms with E-state index in [0.717, 1.165) is 11.1 Å². The van der Waals surface area contributed by atoms with Crippen LogP contribution in [0, 0.1) is 24.0 Å². The fraction of sp³-hybridized carbons (Fsp3) is 0.217. The molecule has 0 bridgehead atoms. The van der Waals surface area contributed by atoms with Crippen LogP contribution >= 0.6 is 11.6 Å². The molecule has 2 heterocycles. The normalized spacial score (nSPS) is 11.9. The number of halogens is 1. The topological polar surface area (TPSA) is 126 Å². The molecule has 0 aliphatic carbocycles. The van der Waals surface area contributed by atoms with Crippen LogP contribution in [-0.2, 0) is 11.3 Å². The van der Waals surface area contributed by atoms with Crippen molar-refractivity contribution in [3.8, 4) is 11.5 Å². The van der Waals surface area contributed by atoms with E-state index in [-0.39, 0.29) is 28.2 Å². The molecule has 0 fully saturated rings. The lowest BCUT2D eigenvalue weighted by Crippen LogP contribution is -2.11. The molecule has 4 rings (SSSR count). The second-order valence-corrected chi connectivity index (χ2v) is 8.05. The van der Waals surface area contributed by atoms with Crippen molar-refractivity contribution >= 4 is 23.3 Å². The highest BCUT2D eigenvalue weighted by atomic mass is 35.5. The monoisotopic (exact) mass is 481 g/mol. The lowest BCUT2D eigenvalue weighted by atomic mass is 10.1. The summed E-state index contributed by atoms with van der Waals surface area (Å²) in [4.78, 5) is 23.2. The molecule has 174 valence electrons. The van der Waals surface area contributed by atoms with Gasteiger partial charge in [0.1, 0.15) is 10.7 Å². The summed E-state index contributed by atoms with van der Waals surface area (Å²) in [5, 5.41) is 23.2. The predicted molar refractivity (Wildman–Crippen MR) is 122 cm³/mol. The molecule has 1 unspecified atom stereocenters. The van der Waals surface area contributed by atoms with Gasteiger partial charge in [0, 0.05) is 17.7 Å². The van der Waals surface area contributed by atoms with E-state index in [1.54, 1.807) is 18.5 Å². The standard InChI is InChI=1S/C23H20ClN5O5/c1-13-4-6-16(7-5-13)12-28-20(24)19(14(2)27-28)23(30)33-15(3)21-25-26-22(34-21)17-8-10-18(11-9-17)29(31)32/h4-11,15H,12H2,1-3H3. The van der Waals surface area contributed by atoms with Gasteiger partial charge >= 0.3 is 5.97 Å². The lowest BCUT2D eigenvalue weighted by molar-refractivity contribution is -0.384. The number of nitro benzene ring substituents is 1. The minimum absolute atomic E-state index is 0.0547. The molecule has 0 aliphatic rings. The Balaban J connectivity index is 1.47. The quantitative estimate of drug-likeness (QED) is 0.203. The molecule has 0 aliphatic heterocycles. The van der Waals surface area contributed by atoms with E-state index in [1.807, 2.05) is 31.2 Å². The lowest BCUT2D eigenvalue weighted by Gasteiger charge is -2.09. The van der Waals surface area contributed by atoms with E-state index in [2.05, 4.69) is 15.3 Å². The number of carbonyl (C=O) groups is 1. The van der Waals surface area contributed by atoms with Crippen molar-refractivity contribution in [2.24, 2.45) is 0 Å². The van der Waals surface area contributed by atoms with Crippen LogP contribution in [0.25, 0.3) is 11.5 Å². The maximum absolute atomic E-state index is 12.8. The molecular weight excluding hydrogens is 462 g/mol. The third-order valence-corrected chi connectivity index (χ3v) is 5.50. The summed E-state index contributed by atoms with van der Waals surface area (Å²) in [6.45, 7) is 5.68. The van der Waals surface area contributed by atoms with Gasteiger partial charge in [0.15, 0.2) is 6.10 Å². The van der Waals surface area contributed by atoms with Gasteiger partial charge in [-0.25, -0.2) is 9.48 Å². The Kier molecular flexibility index (Phi) is 6.42. The van der Waals surface area contributed by atoms with E-state index < -0.39 is 17.0 Å². The highest BCUT2D eigenvalue weighted by Gasteiger charge is 2.26. The molecule has 1 atom stereocenters. The number of non-ortho nitro benzene ring substituents is 1. The van der Waals surface area contributed by atoms with Crippen molar-refractivity contribution in [3.63, 3.8) is 0 Å². The van der Waals surface area contributed by atoms with E-state index >= 15 is 0 Å². The van der Waals surface area contributed by atoms with Crippen LogP contribution in [-0.4, -0.2) is 30.9 Å². The molecule has 2 aromatic carbocycles. The van der Waals surface area contributed by atoms with Crippen molar-refractivity contribution in [1.82, 2.24) is 20.0 Å². The Labute approximate surface area is 199 Å². The zero-order valence-corrected chi connectivity index (χ0v) is 19.3. The fourth-order valence-corrected chi connectivity index (χ4v) is 3.58. The van der Waals surface area contributed by atoms with Gasteiger partial charge in [-0.3, -0.25) is 10.1 Å². The van der Waals surface area contributed by atoms with Gasteiger partial charge in [-0.2, -0.15) is 5.10 Å². The Morgan fingerprint density at radius 1 is 1.15 bits per heavy atom. The first-order valence-corrected chi connectivity index (χ1v) is 10.7. The van der Waals surface area contributed by atoms with Crippen LogP contribution in [0.3, 0.4) is 0 Å². The number of benzene rings is 2. The highest BCUT2D eigenvalue weighted by molar-refractivity contribution is 6.32. The molecule has 0 amide bonds. The number of aryl methyl sites for hydroxylation is 2. The number of nitro groups is 1. The molecule has 10 nitrogen and oxygen atoms in total. The molecule has 0 spiro atoms. The van der Waals surface area contributed by atoms with E-state index in [1.165, 1.54) is 24.3 Å². The molecule has 0 saturated heterocycles. The van der Waals surface area contributed by atoms with E-state index in [4.69, 9.17) is 20.8 Å². The molecular formula is C23H20ClN5O5. The summed E-state index contributed by atoms with van der Waals surface area (Å²) >= 11 is 6.45. The molecule has 4 aromatic rings. The third-order valence-electron chi connectivity index (χ3n) is 5.12. The molecule has 34 heavy (non-hydrogen) atoms. The van der Waals surface area contributed by atoms with Crippen molar-refractivity contribution in [1.29, 1.82) is 0 Å². The Morgan fingerprint density at radius 2 is 1.82 bits per heavy atom. The van der Waals surface area contributed by atoms with E-state index in [9.17, 15) is 14.9 Å². The summed E-state index contributed by atoms with van der Waals surface area (Å²) in [5.41, 5.74) is 3.18. The number of rotatable bonds is 7. The van der Waals surface area contributed by atoms with Crippen LogP contribution in [0.1, 0.15) is 46.1 Å². The predicted octanol–water partition coefficient (Wildman–Crippen LogP) is 5.08. The van der Waals surface area contributed by atoms with Crippen molar-refractivity contribution < 1.29 is 18.9 Å². The van der Waals surface area contributed by atoms with E-state index in [0.29, 0.717) is 17.8 Å². The minimum atomic E-state index is -0.859.